The first-order valence-electron chi connectivity index (χ1n) is 9.59. The fourth-order valence-electron chi connectivity index (χ4n) is 3.38. The summed E-state index contributed by atoms with van der Waals surface area (Å²) >= 11 is 0. The van der Waals surface area contributed by atoms with Crippen LogP contribution >= 0.6 is 24.0 Å². The first-order valence-corrected chi connectivity index (χ1v) is 9.59. The predicted molar refractivity (Wildman–Crippen MR) is 128 cm³/mol. The summed E-state index contributed by atoms with van der Waals surface area (Å²) in [5.41, 5.74) is 3.23. The Balaban J connectivity index is 0.00000420. The number of nitrogens with zero attached hydrogens (tertiary/aromatic N) is 5. The van der Waals surface area contributed by atoms with Crippen LogP contribution in [0.1, 0.15) is 42.6 Å². The van der Waals surface area contributed by atoms with Crippen LogP contribution in [-0.2, 0) is 13.6 Å². The smallest absolute Gasteiger partial charge is 0.193 e. The molecule has 1 heterocycles. The first-order chi connectivity index (χ1) is 13.2. The lowest BCUT2D eigenvalue weighted by molar-refractivity contribution is 0.294. The molecule has 0 amide bonds. The molecule has 0 aliphatic carbocycles. The van der Waals surface area contributed by atoms with Gasteiger partial charge in [0, 0.05) is 46.0 Å². The lowest BCUT2D eigenvalue weighted by Gasteiger charge is -2.28. The Morgan fingerprint density at radius 1 is 1.28 bits per heavy atom. The predicted octanol–water partition coefficient (Wildman–Crippen LogP) is 3.61. The molecule has 0 fully saturated rings. The lowest BCUT2D eigenvalue weighted by atomic mass is 10.1. The normalized spacial score (nSPS) is 12.8. The van der Waals surface area contributed by atoms with Crippen LogP contribution in [0.2, 0.25) is 0 Å². The minimum atomic E-state index is -0.219. The van der Waals surface area contributed by atoms with Crippen LogP contribution in [-0.4, -0.2) is 60.3 Å². The second-order valence-corrected chi connectivity index (χ2v) is 7.69. The Morgan fingerprint density at radius 2 is 1.97 bits per heavy atom. The lowest BCUT2D eigenvalue weighted by Crippen LogP contribution is -2.42. The average Bonchev–Trinajstić information content (AvgIpc) is 2.98. The van der Waals surface area contributed by atoms with Gasteiger partial charge in [0.15, 0.2) is 5.96 Å². The second-order valence-electron chi connectivity index (χ2n) is 7.69. The third-order valence-electron chi connectivity index (χ3n) is 4.78. The minimum Gasteiger partial charge on any atom is -0.354 e. The summed E-state index contributed by atoms with van der Waals surface area (Å²) < 4.78 is 15.5. The molecule has 2 rings (SSSR count). The van der Waals surface area contributed by atoms with Crippen molar-refractivity contribution >= 4 is 29.9 Å². The van der Waals surface area contributed by atoms with E-state index in [1.54, 1.807) is 19.2 Å². The van der Waals surface area contributed by atoms with Crippen molar-refractivity contribution in [3.05, 3.63) is 53.1 Å². The molecule has 0 bridgehead atoms. The van der Waals surface area contributed by atoms with E-state index in [4.69, 9.17) is 0 Å². The van der Waals surface area contributed by atoms with Crippen LogP contribution in [0, 0.1) is 5.82 Å². The van der Waals surface area contributed by atoms with E-state index < -0.39 is 0 Å². The molecule has 2 aromatic rings. The Bertz CT molecular complexity index is 802. The number of halogens is 2. The molecule has 1 aromatic heterocycles. The van der Waals surface area contributed by atoms with Crippen LogP contribution in [0.5, 0.6) is 0 Å². The fourth-order valence-corrected chi connectivity index (χ4v) is 3.38. The standard InChI is InChI=1S/C21H33FN6.HI/c1-15(2)20-17(14-28(7)25-20)13-27(6)21(23-3)24-12-19(26(4)5)16-9-8-10-18(22)11-16;/h8-11,14-15,19H,12-13H2,1-7H3,(H,23,24);1H. The number of rotatable bonds is 7. The zero-order valence-electron chi connectivity index (χ0n) is 18.5. The number of aryl methyl sites for hydroxylation is 1. The van der Waals surface area contributed by atoms with E-state index in [0.717, 1.165) is 17.2 Å². The zero-order chi connectivity index (χ0) is 20.8. The number of likely N-dealkylation sites (N-methyl/N-ethyl adjacent to an activating group) is 1. The number of hydrogen-bond acceptors (Lipinski definition) is 3. The molecule has 0 spiro atoms. The zero-order valence-corrected chi connectivity index (χ0v) is 20.8. The Hall–Kier alpha value is -1.68. The van der Waals surface area contributed by atoms with Gasteiger partial charge in [-0.25, -0.2) is 4.39 Å². The minimum absolute atomic E-state index is 0. The quantitative estimate of drug-likeness (QED) is 0.347. The maximum Gasteiger partial charge on any atom is 0.193 e. The van der Waals surface area contributed by atoms with Gasteiger partial charge < -0.3 is 15.1 Å². The molecular weight excluding hydrogens is 482 g/mol. The number of guanidine groups is 1. The van der Waals surface area contributed by atoms with Crippen molar-refractivity contribution in [3.63, 3.8) is 0 Å². The summed E-state index contributed by atoms with van der Waals surface area (Å²) in [5, 5.41) is 8.01. The van der Waals surface area contributed by atoms with Crippen molar-refractivity contribution < 1.29 is 4.39 Å². The van der Waals surface area contributed by atoms with E-state index in [0.29, 0.717) is 19.0 Å². The molecule has 0 radical (unpaired) electrons. The molecule has 1 N–H and O–H groups in total. The Kier molecular flexibility index (Phi) is 10.0. The molecule has 0 aliphatic rings. The summed E-state index contributed by atoms with van der Waals surface area (Å²) in [7, 11) is 9.73. The summed E-state index contributed by atoms with van der Waals surface area (Å²) in [6.45, 7) is 5.64. The maximum absolute atomic E-state index is 13.7. The number of benzene rings is 1. The summed E-state index contributed by atoms with van der Waals surface area (Å²) in [6.07, 6.45) is 2.06. The summed E-state index contributed by atoms with van der Waals surface area (Å²) in [6, 6.07) is 6.79. The second kappa shape index (κ2) is 11.5. The highest BCUT2D eigenvalue weighted by Gasteiger charge is 2.18. The van der Waals surface area contributed by atoms with E-state index >= 15 is 0 Å². The van der Waals surface area contributed by atoms with Crippen molar-refractivity contribution in [1.29, 1.82) is 0 Å². The number of aliphatic imine (C=N–C) groups is 1. The van der Waals surface area contributed by atoms with Gasteiger partial charge in [-0.15, -0.1) is 24.0 Å². The van der Waals surface area contributed by atoms with Gasteiger partial charge in [-0.3, -0.25) is 9.67 Å². The van der Waals surface area contributed by atoms with E-state index in [2.05, 4.69) is 45.3 Å². The van der Waals surface area contributed by atoms with Crippen LogP contribution in [0.15, 0.2) is 35.5 Å². The molecule has 1 aromatic carbocycles. The summed E-state index contributed by atoms with van der Waals surface area (Å²) in [5.74, 6) is 0.941. The van der Waals surface area contributed by atoms with Gasteiger partial charge in [-0.05, 0) is 37.7 Å². The fraction of sp³-hybridized carbons (Fsp3) is 0.524. The van der Waals surface area contributed by atoms with Crippen molar-refractivity contribution in [2.75, 3.05) is 34.7 Å². The van der Waals surface area contributed by atoms with Crippen molar-refractivity contribution in [2.24, 2.45) is 12.0 Å². The van der Waals surface area contributed by atoms with Crippen LogP contribution in [0.3, 0.4) is 0 Å². The van der Waals surface area contributed by atoms with E-state index in [-0.39, 0.29) is 35.8 Å². The first kappa shape index (κ1) is 25.4. The third-order valence-corrected chi connectivity index (χ3v) is 4.78. The maximum atomic E-state index is 13.7. The van der Waals surface area contributed by atoms with Crippen molar-refractivity contribution in [2.45, 2.75) is 32.4 Å². The highest BCUT2D eigenvalue weighted by Crippen LogP contribution is 2.20. The topological polar surface area (TPSA) is 48.7 Å². The monoisotopic (exact) mass is 516 g/mol. The van der Waals surface area contributed by atoms with E-state index in [9.17, 15) is 4.39 Å². The average molecular weight is 516 g/mol. The molecule has 0 aliphatic heterocycles. The highest BCUT2D eigenvalue weighted by molar-refractivity contribution is 14.0. The van der Waals surface area contributed by atoms with Crippen molar-refractivity contribution in [1.82, 2.24) is 24.9 Å². The molecule has 0 saturated carbocycles. The number of nitrogens with one attached hydrogen (secondary N) is 1. The van der Waals surface area contributed by atoms with Gasteiger partial charge in [-0.1, -0.05) is 26.0 Å². The highest BCUT2D eigenvalue weighted by atomic mass is 127. The van der Waals surface area contributed by atoms with Crippen LogP contribution < -0.4 is 5.32 Å². The molecule has 6 nitrogen and oxygen atoms in total. The molecule has 1 atom stereocenters. The Labute approximate surface area is 191 Å². The largest absolute Gasteiger partial charge is 0.354 e. The third kappa shape index (κ3) is 6.95. The van der Waals surface area contributed by atoms with E-state index in [1.165, 1.54) is 11.6 Å². The number of aromatic nitrogens is 2. The molecule has 0 saturated heterocycles. The van der Waals surface area contributed by atoms with Gasteiger partial charge in [0.25, 0.3) is 0 Å². The molecule has 1 unspecified atom stereocenters. The van der Waals surface area contributed by atoms with Crippen LogP contribution in [0.4, 0.5) is 4.39 Å². The van der Waals surface area contributed by atoms with Gasteiger partial charge in [0.05, 0.1) is 11.7 Å². The Morgan fingerprint density at radius 3 is 2.52 bits per heavy atom. The number of hydrogen-bond donors (Lipinski definition) is 1. The van der Waals surface area contributed by atoms with Gasteiger partial charge in [-0.2, -0.15) is 5.10 Å². The van der Waals surface area contributed by atoms with Gasteiger partial charge in [0.2, 0.25) is 0 Å². The molecule has 162 valence electrons. The molecule has 8 heteroatoms. The van der Waals surface area contributed by atoms with E-state index in [1.807, 2.05) is 38.9 Å². The van der Waals surface area contributed by atoms with Crippen LogP contribution in [0.25, 0.3) is 0 Å². The van der Waals surface area contributed by atoms with Crippen molar-refractivity contribution in [3.8, 4) is 0 Å². The molecule has 29 heavy (non-hydrogen) atoms. The van der Waals surface area contributed by atoms with Gasteiger partial charge >= 0.3 is 0 Å². The SMILES string of the molecule is CN=C(NCC(c1cccc(F)c1)N(C)C)N(C)Cc1cn(C)nc1C(C)C.I. The van der Waals surface area contributed by atoms with Gasteiger partial charge in [0.1, 0.15) is 5.82 Å². The molecular formula is C21H34FIN6. The summed E-state index contributed by atoms with van der Waals surface area (Å²) in [4.78, 5) is 8.58.